The van der Waals surface area contributed by atoms with Crippen LogP contribution in [0.25, 0.3) is 0 Å². The summed E-state index contributed by atoms with van der Waals surface area (Å²) in [5.74, 6) is 0. The Labute approximate surface area is 97.3 Å². The fourth-order valence-corrected chi connectivity index (χ4v) is 4.58. The molecule has 0 saturated heterocycles. The second-order valence-corrected chi connectivity index (χ2v) is 7.54. The van der Waals surface area contributed by atoms with E-state index in [0.717, 1.165) is 5.56 Å². The molecule has 0 aliphatic rings. The predicted octanol–water partition coefficient (Wildman–Crippen LogP) is 2.35. The molecule has 0 spiro atoms. The third-order valence-corrected chi connectivity index (χ3v) is 5.92. The third kappa shape index (κ3) is 2.80. The van der Waals surface area contributed by atoms with Gasteiger partial charge in [-0.2, -0.15) is 0 Å². The van der Waals surface area contributed by atoms with Crippen molar-refractivity contribution in [1.29, 1.82) is 0 Å². The molecule has 0 saturated carbocycles. The monoisotopic (exact) mass is 244 g/mol. The summed E-state index contributed by atoms with van der Waals surface area (Å²) in [6.07, 6.45) is 0.960. The van der Waals surface area contributed by atoms with E-state index in [1.807, 2.05) is 26.0 Å². The molecule has 0 aliphatic heterocycles. The summed E-state index contributed by atoms with van der Waals surface area (Å²) in [7, 11) is -4.13. The Bertz CT molecular complexity index is 353. The van der Waals surface area contributed by atoms with Crippen LogP contribution in [-0.2, 0) is 4.52 Å². The zero-order valence-electron chi connectivity index (χ0n) is 10.2. The average Bonchev–Trinajstić information content (AvgIpc) is 2.18. The summed E-state index contributed by atoms with van der Waals surface area (Å²) in [6, 6.07) is 7.28. The average molecular weight is 244 g/mol. The molecule has 0 fully saturated rings. The van der Waals surface area contributed by atoms with E-state index >= 15 is 0 Å². The molecule has 0 amide bonds. The van der Waals surface area contributed by atoms with Gasteiger partial charge in [0.1, 0.15) is 0 Å². The Balaban J connectivity index is 3.20. The molecule has 92 valence electrons. The first-order chi connectivity index (χ1) is 7.41. The number of benzene rings is 1. The fourth-order valence-electron chi connectivity index (χ4n) is 1.85. The van der Waals surface area contributed by atoms with Crippen molar-refractivity contribution in [2.75, 3.05) is 12.8 Å². The van der Waals surface area contributed by atoms with Crippen LogP contribution in [0.3, 0.4) is 0 Å². The van der Waals surface area contributed by atoms with Gasteiger partial charge in [0, 0.05) is 0 Å². The van der Waals surface area contributed by atoms with Gasteiger partial charge >= 0.3 is 96.7 Å². The maximum absolute atomic E-state index is 10.5. The Morgan fingerprint density at radius 1 is 1.25 bits per heavy atom. The number of aryl methyl sites for hydroxylation is 1. The van der Waals surface area contributed by atoms with E-state index in [4.69, 9.17) is 4.52 Å². The molecule has 0 heterocycles. The van der Waals surface area contributed by atoms with E-state index in [9.17, 15) is 9.79 Å². The van der Waals surface area contributed by atoms with Crippen LogP contribution in [-0.4, -0.2) is 22.6 Å². The molecule has 0 aliphatic carbocycles. The van der Waals surface area contributed by atoms with Gasteiger partial charge in [0.2, 0.25) is 0 Å². The molecule has 16 heavy (non-hydrogen) atoms. The van der Waals surface area contributed by atoms with Crippen molar-refractivity contribution in [3.63, 3.8) is 0 Å². The summed E-state index contributed by atoms with van der Waals surface area (Å²) in [5.41, 5.74) is 1.01. The first-order valence-electron chi connectivity index (χ1n) is 5.65. The van der Waals surface area contributed by atoms with Gasteiger partial charge in [-0.15, -0.1) is 0 Å². The Hall–Kier alpha value is -0.470. The van der Waals surface area contributed by atoms with Crippen molar-refractivity contribution in [1.82, 2.24) is 0 Å². The van der Waals surface area contributed by atoms with Crippen molar-refractivity contribution >= 4 is 12.6 Å². The van der Waals surface area contributed by atoms with E-state index in [2.05, 4.69) is 0 Å². The van der Waals surface area contributed by atoms with Gasteiger partial charge in [-0.3, -0.25) is 0 Å². The summed E-state index contributed by atoms with van der Waals surface area (Å²) < 4.78 is 5.34. The van der Waals surface area contributed by atoms with E-state index in [-0.39, 0.29) is 6.16 Å². The summed E-state index contributed by atoms with van der Waals surface area (Å²) >= 11 is 0. The number of hydrogen-bond donors (Lipinski definition) is 2. The van der Waals surface area contributed by atoms with Crippen LogP contribution in [0.5, 0.6) is 0 Å². The molecule has 0 aromatic heterocycles. The van der Waals surface area contributed by atoms with Gasteiger partial charge in [-0.1, -0.05) is 0 Å². The molecule has 0 radical (unpaired) electrons. The quantitative estimate of drug-likeness (QED) is 0.782. The minimum atomic E-state index is -4.13. The van der Waals surface area contributed by atoms with Crippen LogP contribution in [0.1, 0.15) is 25.8 Å². The normalized spacial score (nSPS) is 14.4. The summed E-state index contributed by atoms with van der Waals surface area (Å²) in [4.78, 5) is 21.1. The van der Waals surface area contributed by atoms with Crippen LogP contribution in [0.4, 0.5) is 0 Å². The molecule has 1 aromatic carbocycles. The van der Waals surface area contributed by atoms with Crippen molar-refractivity contribution in [2.24, 2.45) is 0 Å². The van der Waals surface area contributed by atoms with Crippen molar-refractivity contribution in [2.45, 2.75) is 27.2 Å². The fraction of sp³-hybridized carbons (Fsp3) is 0.500. The molecule has 0 unspecified atom stereocenters. The van der Waals surface area contributed by atoms with Gasteiger partial charge in [-0.05, 0) is 0 Å². The van der Waals surface area contributed by atoms with E-state index in [0.29, 0.717) is 18.3 Å². The van der Waals surface area contributed by atoms with Crippen LogP contribution < -0.4 is 5.30 Å². The second kappa shape index (κ2) is 4.80. The zero-order valence-corrected chi connectivity index (χ0v) is 11.1. The molecule has 3 nitrogen and oxygen atoms in total. The molecule has 0 bridgehead atoms. The number of rotatable bonds is 5. The van der Waals surface area contributed by atoms with Gasteiger partial charge < -0.3 is 0 Å². The van der Waals surface area contributed by atoms with Gasteiger partial charge in [0.05, 0.1) is 0 Å². The summed E-state index contributed by atoms with van der Waals surface area (Å²) in [5, 5.41) is 0.523. The van der Waals surface area contributed by atoms with Crippen LogP contribution in [0.2, 0.25) is 0 Å². The summed E-state index contributed by atoms with van der Waals surface area (Å²) in [6.45, 7) is 5.93. The van der Waals surface area contributed by atoms with Crippen LogP contribution in [0, 0.1) is 6.92 Å². The Kier molecular flexibility index (Phi) is 4.08. The molecule has 4 heteroatoms. The predicted molar refractivity (Wildman–Crippen MR) is 69.0 cm³/mol. The Morgan fingerprint density at radius 3 is 2.44 bits per heavy atom. The van der Waals surface area contributed by atoms with E-state index in [1.54, 1.807) is 19.1 Å². The van der Waals surface area contributed by atoms with Crippen LogP contribution in [0.15, 0.2) is 24.3 Å². The molecular formula is C12H21O3P. The topological polar surface area (TPSA) is 49.7 Å². The molecule has 1 aromatic rings. The standard InChI is InChI=1S/C12H21O3P/c1-4-9-16(13,14,15-5-2)12-8-6-7-11(3)10-12/h6-8,10,13-14H,4-5,9H2,1-3H3. The Morgan fingerprint density at radius 2 is 1.94 bits per heavy atom. The molecule has 0 atom stereocenters. The molecule has 2 N–H and O–H groups in total. The first-order valence-corrected chi connectivity index (χ1v) is 7.89. The number of hydrogen-bond acceptors (Lipinski definition) is 3. The first kappa shape index (κ1) is 13.6. The molecular weight excluding hydrogens is 223 g/mol. The van der Waals surface area contributed by atoms with E-state index < -0.39 is 7.28 Å². The second-order valence-electron chi connectivity index (χ2n) is 4.09. The third-order valence-electron chi connectivity index (χ3n) is 2.55. The van der Waals surface area contributed by atoms with Gasteiger partial charge in [0.25, 0.3) is 0 Å². The van der Waals surface area contributed by atoms with Crippen molar-refractivity contribution < 1.29 is 14.3 Å². The minimum absolute atomic E-state index is 0.281. The van der Waals surface area contributed by atoms with Crippen molar-refractivity contribution in [3.05, 3.63) is 29.8 Å². The SMILES string of the molecule is CCCP(O)(O)(OCC)c1cccc(C)c1. The van der Waals surface area contributed by atoms with Gasteiger partial charge in [0.15, 0.2) is 0 Å². The van der Waals surface area contributed by atoms with Crippen LogP contribution >= 0.6 is 7.28 Å². The zero-order chi connectivity index (χ0) is 12.3. The van der Waals surface area contributed by atoms with Crippen molar-refractivity contribution in [3.8, 4) is 0 Å². The van der Waals surface area contributed by atoms with E-state index in [1.165, 1.54) is 0 Å². The van der Waals surface area contributed by atoms with Gasteiger partial charge in [-0.25, -0.2) is 0 Å². The molecule has 1 rings (SSSR count). The maximum atomic E-state index is 10.5.